The van der Waals surface area contributed by atoms with E-state index in [1.54, 1.807) is 20.8 Å². The average molecular weight is 344 g/mol. The van der Waals surface area contributed by atoms with Gasteiger partial charge in [0.1, 0.15) is 11.6 Å². The van der Waals surface area contributed by atoms with Gasteiger partial charge in [-0.1, -0.05) is 0 Å². The molecule has 2 N–H and O–H groups in total. The van der Waals surface area contributed by atoms with Gasteiger partial charge in [0.2, 0.25) is 11.9 Å². The molecule has 132 valence electrons. The second-order valence-electron chi connectivity index (χ2n) is 5.97. The van der Waals surface area contributed by atoms with Gasteiger partial charge in [0.25, 0.3) is 0 Å². The van der Waals surface area contributed by atoms with Crippen molar-refractivity contribution in [3.63, 3.8) is 0 Å². The first-order chi connectivity index (χ1) is 11.0. The molecule has 0 radical (unpaired) electrons. The zero-order chi connectivity index (χ0) is 18.5. The number of nitrogens with one attached hydrogen (secondary N) is 1. The number of aromatic nitrogens is 1. The molecule has 1 amide bonds. The molecule has 24 heavy (non-hydrogen) atoms. The molecule has 0 aliphatic heterocycles. The Kier molecular flexibility index (Phi) is 6.33. The first-order valence-electron chi connectivity index (χ1n) is 7.07. The lowest BCUT2D eigenvalue weighted by molar-refractivity contribution is -0.139. The van der Waals surface area contributed by atoms with E-state index in [2.05, 4.69) is 10.3 Å². The van der Waals surface area contributed by atoms with Crippen LogP contribution in [0.3, 0.4) is 0 Å². The Morgan fingerprint density at radius 3 is 2.42 bits per heavy atom. The molecule has 7 nitrogen and oxygen atoms in total. The molecule has 0 bridgehead atoms. The molecule has 1 unspecified atom stereocenters. The smallest absolute Gasteiger partial charge is 0.408 e. The van der Waals surface area contributed by atoms with Crippen molar-refractivity contribution in [3.05, 3.63) is 29.6 Å². The van der Waals surface area contributed by atoms with Crippen LogP contribution >= 0.6 is 0 Å². The van der Waals surface area contributed by atoms with Crippen LogP contribution in [-0.2, 0) is 9.53 Å². The van der Waals surface area contributed by atoms with Gasteiger partial charge in [0.15, 0.2) is 5.78 Å². The molecule has 0 aliphatic carbocycles. The van der Waals surface area contributed by atoms with E-state index >= 15 is 0 Å². The highest BCUT2D eigenvalue weighted by atomic mass is 19.1. The number of aliphatic carboxylic acids is 1. The third-order valence-corrected chi connectivity index (χ3v) is 2.76. The van der Waals surface area contributed by atoms with Crippen molar-refractivity contribution in [2.45, 2.75) is 45.3 Å². The standard InChI is InChI=1S/C15H18F2N2O5/c1-15(2,3)24-14(23)18-9(13(21)22)5-6-10(20)8-4-7-11(16)19-12(8)17/h4,7,9H,5-6H2,1-3H3,(H,18,23)(H,21,22). The number of rotatable bonds is 6. The molecule has 1 atom stereocenters. The number of ether oxygens (including phenoxy) is 1. The summed E-state index contributed by atoms with van der Waals surface area (Å²) in [7, 11) is 0. The SMILES string of the molecule is CC(C)(C)OC(=O)NC(CCC(=O)c1ccc(F)nc1F)C(=O)O. The number of pyridine rings is 1. The number of hydrogen-bond donors (Lipinski definition) is 2. The number of nitrogens with zero attached hydrogens (tertiary/aromatic N) is 1. The van der Waals surface area contributed by atoms with E-state index in [1.165, 1.54) is 0 Å². The summed E-state index contributed by atoms with van der Waals surface area (Å²) in [6, 6.07) is 0.362. The maximum atomic E-state index is 13.4. The van der Waals surface area contributed by atoms with Crippen LogP contribution in [0.2, 0.25) is 0 Å². The Hall–Kier alpha value is -2.58. The summed E-state index contributed by atoms with van der Waals surface area (Å²) >= 11 is 0. The van der Waals surface area contributed by atoms with Crippen LogP contribution in [0.5, 0.6) is 0 Å². The van der Waals surface area contributed by atoms with Crippen molar-refractivity contribution in [1.29, 1.82) is 0 Å². The molecule has 0 fully saturated rings. The average Bonchev–Trinajstić information content (AvgIpc) is 2.40. The number of Topliss-reactive ketones (excluding diaryl/α,β-unsaturated/α-hetero) is 1. The van der Waals surface area contributed by atoms with Crippen LogP contribution in [0.4, 0.5) is 13.6 Å². The van der Waals surface area contributed by atoms with Crippen LogP contribution in [0.15, 0.2) is 12.1 Å². The number of carboxylic acid groups (broad SMARTS) is 1. The van der Waals surface area contributed by atoms with Crippen LogP contribution in [0, 0.1) is 11.9 Å². The normalized spacial score (nSPS) is 12.4. The molecule has 0 aromatic carbocycles. The Bertz CT molecular complexity index is 643. The maximum Gasteiger partial charge on any atom is 0.408 e. The van der Waals surface area contributed by atoms with Gasteiger partial charge in [-0.2, -0.15) is 13.8 Å². The second kappa shape index (κ2) is 7.80. The fourth-order valence-corrected chi connectivity index (χ4v) is 1.74. The first kappa shape index (κ1) is 19.5. The molecule has 0 saturated carbocycles. The second-order valence-corrected chi connectivity index (χ2v) is 5.97. The summed E-state index contributed by atoms with van der Waals surface area (Å²) in [6.07, 6.45) is -1.61. The van der Waals surface area contributed by atoms with E-state index in [0.29, 0.717) is 0 Å². The van der Waals surface area contributed by atoms with Crippen LogP contribution in [0.25, 0.3) is 0 Å². The highest BCUT2D eigenvalue weighted by Gasteiger charge is 2.25. The molecule has 0 aliphatic rings. The summed E-state index contributed by atoms with van der Waals surface area (Å²) < 4.78 is 31.0. The molecule has 0 spiro atoms. The Morgan fingerprint density at radius 1 is 1.29 bits per heavy atom. The van der Waals surface area contributed by atoms with Gasteiger partial charge in [-0.05, 0) is 39.3 Å². The van der Waals surface area contributed by atoms with Crippen molar-refractivity contribution >= 4 is 17.8 Å². The predicted molar refractivity (Wildman–Crippen MR) is 78.5 cm³/mol. The molecule has 1 aromatic rings. The minimum atomic E-state index is -1.39. The lowest BCUT2D eigenvalue weighted by Crippen LogP contribution is -2.43. The molecule has 9 heteroatoms. The molecule has 1 rings (SSSR count). The third-order valence-electron chi connectivity index (χ3n) is 2.76. The Balaban J connectivity index is 2.68. The number of carbonyl (C=O) groups is 3. The zero-order valence-electron chi connectivity index (χ0n) is 13.4. The lowest BCUT2D eigenvalue weighted by Gasteiger charge is -2.21. The van der Waals surface area contributed by atoms with E-state index < -0.39 is 46.9 Å². The number of ketones is 1. The van der Waals surface area contributed by atoms with Gasteiger partial charge in [-0.15, -0.1) is 0 Å². The van der Waals surface area contributed by atoms with Gasteiger partial charge in [-0.3, -0.25) is 4.79 Å². The summed E-state index contributed by atoms with van der Waals surface area (Å²) in [5.41, 5.74) is -1.26. The minimum absolute atomic E-state index is 0.287. The molecule has 0 saturated heterocycles. The van der Waals surface area contributed by atoms with Crippen LogP contribution < -0.4 is 5.32 Å². The van der Waals surface area contributed by atoms with Gasteiger partial charge < -0.3 is 15.2 Å². The summed E-state index contributed by atoms with van der Waals surface area (Å²) in [6.45, 7) is 4.82. The number of alkyl carbamates (subject to hydrolysis) is 1. The van der Waals surface area contributed by atoms with Gasteiger partial charge in [0, 0.05) is 6.42 Å². The highest BCUT2D eigenvalue weighted by Crippen LogP contribution is 2.12. The topological polar surface area (TPSA) is 106 Å². The quantitative estimate of drug-likeness (QED) is 0.606. The number of carboxylic acids is 1. The number of amides is 1. The van der Waals surface area contributed by atoms with Gasteiger partial charge in [-0.25, -0.2) is 9.59 Å². The number of carbonyl (C=O) groups excluding carboxylic acids is 2. The van der Waals surface area contributed by atoms with E-state index in [0.717, 1.165) is 12.1 Å². The predicted octanol–water partition coefficient (Wildman–Crippen LogP) is 2.30. The summed E-state index contributed by atoms with van der Waals surface area (Å²) in [4.78, 5) is 37.5. The largest absolute Gasteiger partial charge is 0.480 e. The number of halogens is 2. The molecule has 1 aromatic heterocycles. The van der Waals surface area contributed by atoms with Crippen molar-refractivity contribution in [1.82, 2.24) is 10.3 Å². The number of hydrogen-bond acceptors (Lipinski definition) is 5. The van der Waals surface area contributed by atoms with E-state index in [1.807, 2.05) is 0 Å². The Labute approximate surface area is 137 Å². The molecule has 1 heterocycles. The monoisotopic (exact) mass is 344 g/mol. The van der Waals surface area contributed by atoms with Gasteiger partial charge in [0.05, 0.1) is 5.56 Å². The maximum absolute atomic E-state index is 13.4. The zero-order valence-corrected chi connectivity index (χ0v) is 13.4. The van der Waals surface area contributed by atoms with Crippen LogP contribution in [-0.4, -0.2) is 39.6 Å². The minimum Gasteiger partial charge on any atom is -0.480 e. The van der Waals surface area contributed by atoms with E-state index in [4.69, 9.17) is 9.84 Å². The van der Waals surface area contributed by atoms with Crippen LogP contribution in [0.1, 0.15) is 44.0 Å². The summed E-state index contributed by atoms with van der Waals surface area (Å²) in [5.74, 6) is -4.46. The Morgan fingerprint density at radius 2 is 1.92 bits per heavy atom. The third kappa shape index (κ3) is 6.27. The molecular weight excluding hydrogens is 326 g/mol. The highest BCUT2D eigenvalue weighted by molar-refractivity contribution is 5.96. The lowest BCUT2D eigenvalue weighted by atomic mass is 10.0. The summed E-state index contributed by atoms with van der Waals surface area (Å²) in [5, 5.41) is 11.2. The van der Waals surface area contributed by atoms with Crippen molar-refractivity contribution < 1.29 is 33.0 Å². The van der Waals surface area contributed by atoms with Crippen molar-refractivity contribution in [2.24, 2.45) is 0 Å². The van der Waals surface area contributed by atoms with Crippen molar-refractivity contribution in [3.8, 4) is 0 Å². The first-order valence-corrected chi connectivity index (χ1v) is 7.07. The fourth-order valence-electron chi connectivity index (χ4n) is 1.74. The van der Waals surface area contributed by atoms with E-state index in [-0.39, 0.29) is 12.8 Å². The van der Waals surface area contributed by atoms with Gasteiger partial charge >= 0.3 is 12.1 Å². The molecular formula is C15H18F2N2O5. The fraction of sp³-hybridized carbons (Fsp3) is 0.467. The van der Waals surface area contributed by atoms with Crippen molar-refractivity contribution in [2.75, 3.05) is 0 Å². The van der Waals surface area contributed by atoms with E-state index in [9.17, 15) is 23.2 Å².